The molecule has 0 spiro atoms. The van der Waals surface area contributed by atoms with Crippen LogP contribution in [-0.2, 0) is 13.1 Å². The molecule has 3 aromatic rings. The van der Waals surface area contributed by atoms with Gasteiger partial charge in [0.25, 0.3) is 0 Å². The molecule has 8 heteroatoms. The maximum Gasteiger partial charge on any atom is 0.240 e. The van der Waals surface area contributed by atoms with Crippen LogP contribution in [0.25, 0.3) is 5.69 Å². The van der Waals surface area contributed by atoms with Crippen LogP contribution in [0.15, 0.2) is 41.4 Å². The first kappa shape index (κ1) is 15.3. The van der Waals surface area contributed by atoms with E-state index < -0.39 is 0 Å². The van der Waals surface area contributed by atoms with Gasteiger partial charge in [0.05, 0.1) is 18.8 Å². The molecule has 2 aromatic heterocycles. The molecule has 0 radical (unpaired) electrons. The largest absolute Gasteiger partial charge is 0.338 e. The zero-order chi connectivity index (χ0) is 16.2. The van der Waals surface area contributed by atoms with Crippen molar-refractivity contribution in [3.8, 4) is 5.69 Å². The summed E-state index contributed by atoms with van der Waals surface area (Å²) in [5.41, 5.74) is 7.65. The molecule has 0 aliphatic heterocycles. The van der Waals surface area contributed by atoms with E-state index in [9.17, 15) is 0 Å². The average Bonchev–Trinajstić information content (AvgIpc) is 3.26. The Labute approximate surface area is 133 Å². The van der Waals surface area contributed by atoms with Crippen LogP contribution in [0.3, 0.4) is 0 Å². The van der Waals surface area contributed by atoms with Gasteiger partial charge in [0.15, 0.2) is 5.82 Å². The zero-order valence-electron chi connectivity index (χ0n) is 13.1. The third kappa shape index (κ3) is 3.43. The van der Waals surface area contributed by atoms with Crippen LogP contribution in [0, 0.1) is 0 Å². The summed E-state index contributed by atoms with van der Waals surface area (Å²) in [6, 6.07) is 8.42. The minimum atomic E-state index is 0.208. The molecule has 120 valence electrons. The van der Waals surface area contributed by atoms with Gasteiger partial charge in [-0.15, -0.1) is 0 Å². The summed E-state index contributed by atoms with van der Waals surface area (Å²) in [5.74, 6) is 1.09. The first-order valence-corrected chi connectivity index (χ1v) is 7.34. The standard InChI is InChI=1S/C15H19N7O/c1-11(21(2)8-14-19-15(7-16)23-20-14)12-3-5-13(6-4-12)22-10-17-9-18-22/h3-6,9-11H,7-8,16H2,1-2H3. The molecule has 3 rings (SSSR count). The van der Waals surface area contributed by atoms with E-state index in [1.165, 1.54) is 11.9 Å². The molecule has 8 nitrogen and oxygen atoms in total. The number of hydrogen-bond acceptors (Lipinski definition) is 7. The van der Waals surface area contributed by atoms with E-state index in [0.29, 0.717) is 18.3 Å². The minimum Gasteiger partial charge on any atom is -0.338 e. The van der Waals surface area contributed by atoms with Crippen LogP contribution in [-0.4, -0.2) is 36.9 Å². The highest BCUT2D eigenvalue weighted by atomic mass is 16.5. The predicted molar refractivity (Wildman–Crippen MR) is 83.4 cm³/mol. The molecule has 1 aromatic carbocycles. The molecule has 0 fully saturated rings. The van der Waals surface area contributed by atoms with Gasteiger partial charge >= 0.3 is 0 Å². The smallest absolute Gasteiger partial charge is 0.240 e. The van der Waals surface area contributed by atoms with Gasteiger partial charge in [-0.1, -0.05) is 17.3 Å². The van der Waals surface area contributed by atoms with Crippen molar-refractivity contribution >= 4 is 0 Å². The van der Waals surface area contributed by atoms with E-state index in [-0.39, 0.29) is 12.6 Å². The van der Waals surface area contributed by atoms with E-state index in [4.69, 9.17) is 10.3 Å². The number of aromatic nitrogens is 5. The molecule has 0 aliphatic carbocycles. The number of nitrogens with zero attached hydrogens (tertiary/aromatic N) is 6. The number of benzene rings is 1. The Hall–Kier alpha value is -2.58. The lowest BCUT2D eigenvalue weighted by Gasteiger charge is -2.23. The summed E-state index contributed by atoms with van der Waals surface area (Å²) in [6.45, 7) is 2.99. The Balaban J connectivity index is 1.68. The van der Waals surface area contributed by atoms with Crippen LogP contribution in [0.1, 0.15) is 30.2 Å². The highest BCUT2D eigenvalue weighted by Gasteiger charge is 2.15. The molecular weight excluding hydrogens is 294 g/mol. The fraction of sp³-hybridized carbons (Fsp3) is 0.333. The van der Waals surface area contributed by atoms with Crippen LogP contribution in [0.5, 0.6) is 0 Å². The molecule has 1 atom stereocenters. The Kier molecular flexibility index (Phi) is 4.45. The van der Waals surface area contributed by atoms with Crippen molar-refractivity contribution in [1.29, 1.82) is 0 Å². The molecule has 0 saturated carbocycles. The molecule has 0 amide bonds. The Morgan fingerprint density at radius 1 is 1.30 bits per heavy atom. The quantitative estimate of drug-likeness (QED) is 0.732. The maximum atomic E-state index is 5.48. The second-order valence-electron chi connectivity index (χ2n) is 5.33. The van der Waals surface area contributed by atoms with Gasteiger partial charge in [0.1, 0.15) is 12.7 Å². The van der Waals surface area contributed by atoms with Gasteiger partial charge in [0, 0.05) is 6.04 Å². The van der Waals surface area contributed by atoms with Gasteiger partial charge in [0.2, 0.25) is 5.89 Å². The third-order valence-electron chi connectivity index (χ3n) is 3.80. The zero-order valence-corrected chi connectivity index (χ0v) is 13.1. The summed E-state index contributed by atoms with van der Waals surface area (Å²) in [6.07, 6.45) is 3.20. The van der Waals surface area contributed by atoms with Crippen molar-refractivity contribution in [2.75, 3.05) is 7.05 Å². The summed E-state index contributed by atoms with van der Waals surface area (Å²) < 4.78 is 6.76. The van der Waals surface area contributed by atoms with Gasteiger partial charge in [-0.2, -0.15) is 10.1 Å². The van der Waals surface area contributed by atoms with Gasteiger partial charge < -0.3 is 10.3 Å². The number of rotatable bonds is 6. The second-order valence-corrected chi connectivity index (χ2v) is 5.33. The van der Waals surface area contributed by atoms with Gasteiger partial charge in [-0.3, -0.25) is 4.90 Å². The van der Waals surface area contributed by atoms with Crippen LogP contribution < -0.4 is 5.73 Å². The van der Waals surface area contributed by atoms with E-state index in [1.807, 2.05) is 19.2 Å². The Bertz CT molecular complexity index is 736. The predicted octanol–water partition coefficient (Wildman–Crippen LogP) is 1.30. The number of hydrogen-bond donors (Lipinski definition) is 1. The summed E-state index contributed by atoms with van der Waals surface area (Å²) >= 11 is 0. The molecular formula is C15H19N7O. The van der Waals surface area contributed by atoms with Crippen LogP contribution in [0.2, 0.25) is 0 Å². The highest BCUT2D eigenvalue weighted by Crippen LogP contribution is 2.21. The van der Waals surface area contributed by atoms with Crippen molar-refractivity contribution in [2.45, 2.75) is 26.1 Å². The lowest BCUT2D eigenvalue weighted by Crippen LogP contribution is -2.22. The van der Waals surface area contributed by atoms with E-state index in [2.05, 4.69) is 44.2 Å². The molecule has 23 heavy (non-hydrogen) atoms. The van der Waals surface area contributed by atoms with Gasteiger partial charge in [-0.25, -0.2) is 9.67 Å². The fourth-order valence-corrected chi connectivity index (χ4v) is 2.30. The van der Waals surface area contributed by atoms with Crippen LogP contribution in [0.4, 0.5) is 0 Å². The average molecular weight is 313 g/mol. The van der Waals surface area contributed by atoms with E-state index in [0.717, 1.165) is 5.69 Å². The van der Waals surface area contributed by atoms with Crippen molar-refractivity contribution in [1.82, 2.24) is 29.8 Å². The number of nitrogens with two attached hydrogens (primary N) is 1. The monoisotopic (exact) mass is 313 g/mol. The van der Waals surface area contributed by atoms with Crippen molar-refractivity contribution in [2.24, 2.45) is 5.73 Å². The Morgan fingerprint density at radius 2 is 2.09 bits per heavy atom. The van der Waals surface area contributed by atoms with Crippen molar-refractivity contribution in [3.05, 3.63) is 54.2 Å². The van der Waals surface area contributed by atoms with Crippen LogP contribution >= 0.6 is 0 Å². The topological polar surface area (TPSA) is 98.9 Å². The Morgan fingerprint density at radius 3 is 2.70 bits per heavy atom. The highest BCUT2D eigenvalue weighted by molar-refractivity contribution is 5.34. The van der Waals surface area contributed by atoms with Gasteiger partial charge in [-0.05, 0) is 31.7 Å². The minimum absolute atomic E-state index is 0.208. The van der Waals surface area contributed by atoms with Crippen molar-refractivity contribution in [3.63, 3.8) is 0 Å². The third-order valence-corrected chi connectivity index (χ3v) is 3.80. The molecule has 0 aliphatic rings. The van der Waals surface area contributed by atoms with E-state index in [1.54, 1.807) is 11.0 Å². The summed E-state index contributed by atoms with van der Waals surface area (Å²) in [7, 11) is 2.02. The normalized spacial score (nSPS) is 12.7. The lowest BCUT2D eigenvalue weighted by atomic mass is 10.1. The second kappa shape index (κ2) is 6.67. The molecule has 2 N–H and O–H groups in total. The molecule has 2 heterocycles. The maximum absolute atomic E-state index is 5.48. The van der Waals surface area contributed by atoms with Crippen molar-refractivity contribution < 1.29 is 4.52 Å². The first-order valence-electron chi connectivity index (χ1n) is 7.34. The van der Waals surface area contributed by atoms with E-state index >= 15 is 0 Å². The SMILES string of the molecule is CC(c1ccc(-n2cncn2)cc1)N(C)Cc1noc(CN)n1. The fourth-order valence-electron chi connectivity index (χ4n) is 2.30. The summed E-state index contributed by atoms with van der Waals surface area (Å²) in [4.78, 5) is 10.3. The lowest BCUT2D eigenvalue weighted by molar-refractivity contribution is 0.242. The molecule has 0 saturated heterocycles. The molecule has 1 unspecified atom stereocenters. The first-order chi connectivity index (χ1) is 11.2. The summed E-state index contributed by atoms with van der Waals surface area (Å²) in [5, 5.41) is 8.04. The molecule has 0 bridgehead atoms.